The van der Waals surface area contributed by atoms with Crippen LogP contribution < -0.4 is 10.5 Å². The van der Waals surface area contributed by atoms with E-state index in [1.807, 2.05) is 51.9 Å². The molecular formula is C25H30Cl3N5O2. The fourth-order valence-corrected chi connectivity index (χ4v) is 5.50. The molecule has 2 aromatic carbocycles. The molecule has 1 amide bonds. The van der Waals surface area contributed by atoms with Gasteiger partial charge >= 0.3 is 0 Å². The zero-order chi connectivity index (χ0) is 23.0. The first kappa shape index (κ1) is 27.3. The molecule has 3 aromatic rings. The summed E-state index contributed by atoms with van der Waals surface area (Å²) in [7, 11) is 1.64. The third-order valence-electron chi connectivity index (χ3n) is 7.30. The van der Waals surface area contributed by atoms with Crippen molar-refractivity contribution in [3.05, 3.63) is 64.9 Å². The van der Waals surface area contributed by atoms with Crippen molar-refractivity contribution >= 4 is 42.3 Å². The average molecular weight is 539 g/mol. The van der Waals surface area contributed by atoms with Crippen molar-refractivity contribution in [3.63, 3.8) is 0 Å². The maximum Gasteiger partial charge on any atom is 0.292 e. The van der Waals surface area contributed by atoms with Gasteiger partial charge in [-0.3, -0.25) is 4.79 Å². The van der Waals surface area contributed by atoms with Crippen LogP contribution >= 0.6 is 36.4 Å². The SMILES string of the molecule is COc1ccc(-c2nnc3n2CCN([C@H]2CC[C@@](CN)(c4cccc(Cl)c4)CC2)C3=O)cc1.Cl.Cl. The average Bonchev–Trinajstić information content (AvgIpc) is 3.30. The Kier molecular flexibility index (Phi) is 8.70. The summed E-state index contributed by atoms with van der Waals surface area (Å²) in [4.78, 5) is 15.3. The maximum absolute atomic E-state index is 13.3. The largest absolute Gasteiger partial charge is 0.497 e. The van der Waals surface area contributed by atoms with Crippen LogP contribution in [0.3, 0.4) is 0 Å². The Morgan fingerprint density at radius 2 is 1.74 bits per heavy atom. The van der Waals surface area contributed by atoms with Gasteiger partial charge in [0.2, 0.25) is 5.82 Å². The van der Waals surface area contributed by atoms with Crippen LogP contribution in [-0.4, -0.2) is 51.8 Å². The van der Waals surface area contributed by atoms with Crippen LogP contribution in [0.2, 0.25) is 5.02 Å². The van der Waals surface area contributed by atoms with Gasteiger partial charge in [0.05, 0.1) is 7.11 Å². The molecular weight excluding hydrogens is 509 g/mol. The number of nitrogens with zero attached hydrogens (tertiary/aromatic N) is 4. The molecule has 0 bridgehead atoms. The van der Waals surface area contributed by atoms with Crippen LogP contribution in [0.1, 0.15) is 41.9 Å². The fraction of sp³-hybridized carbons (Fsp3) is 0.400. The summed E-state index contributed by atoms with van der Waals surface area (Å²) < 4.78 is 7.17. The molecule has 5 rings (SSSR count). The number of benzene rings is 2. The Morgan fingerprint density at radius 3 is 2.37 bits per heavy atom. The molecule has 2 heterocycles. The van der Waals surface area contributed by atoms with Crippen molar-refractivity contribution < 1.29 is 9.53 Å². The molecule has 1 aliphatic carbocycles. The van der Waals surface area contributed by atoms with Crippen LogP contribution in [0.5, 0.6) is 5.75 Å². The van der Waals surface area contributed by atoms with Gasteiger partial charge in [-0.05, 0) is 67.6 Å². The highest BCUT2D eigenvalue weighted by Gasteiger charge is 2.40. The van der Waals surface area contributed by atoms with Crippen LogP contribution in [0, 0.1) is 0 Å². The Bertz CT molecular complexity index is 1160. The lowest BCUT2D eigenvalue weighted by molar-refractivity contribution is 0.0523. The maximum atomic E-state index is 13.3. The van der Waals surface area contributed by atoms with Crippen LogP contribution in [0.4, 0.5) is 0 Å². The molecule has 2 aliphatic rings. The minimum absolute atomic E-state index is 0. The van der Waals surface area contributed by atoms with Crippen molar-refractivity contribution in [2.75, 3.05) is 20.2 Å². The van der Waals surface area contributed by atoms with Crippen molar-refractivity contribution in [3.8, 4) is 17.1 Å². The van der Waals surface area contributed by atoms with Crippen LogP contribution in [0.25, 0.3) is 11.4 Å². The zero-order valence-corrected chi connectivity index (χ0v) is 21.9. The van der Waals surface area contributed by atoms with Gasteiger partial charge in [0, 0.05) is 41.7 Å². The van der Waals surface area contributed by atoms with Crippen molar-refractivity contribution in [1.29, 1.82) is 0 Å². The van der Waals surface area contributed by atoms with E-state index < -0.39 is 0 Å². The quantitative estimate of drug-likeness (QED) is 0.507. The minimum Gasteiger partial charge on any atom is -0.497 e. The predicted molar refractivity (Wildman–Crippen MR) is 142 cm³/mol. The number of carbonyl (C=O) groups is 1. The Morgan fingerprint density at radius 1 is 1.06 bits per heavy atom. The molecule has 1 saturated carbocycles. The molecule has 10 heteroatoms. The lowest BCUT2D eigenvalue weighted by Gasteiger charge is -2.44. The molecule has 1 aromatic heterocycles. The van der Waals surface area contributed by atoms with Crippen molar-refractivity contribution in [2.24, 2.45) is 5.73 Å². The lowest BCUT2D eigenvalue weighted by Crippen LogP contribution is -2.50. The highest BCUT2D eigenvalue weighted by atomic mass is 35.5. The van der Waals surface area contributed by atoms with Gasteiger partial charge in [-0.2, -0.15) is 0 Å². The molecule has 0 spiro atoms. The van der Waals surface area contributed by atoms with Gasteiger partial charge in [0.1, 0.15) is 5.75 Å². The number of hydrogen-bond donors (Lipinski definition) is 1. The second-order valence-corrected chi connectivity index (χ2v) is 9.39. The monoisotopic (exact) mass is 537 g/mol. The molecule has 1 aliphatic heterocycles. The van der Waals surface area contributed by atoms with E-state index in [4.69, 9.17) is 22.1 Å². The van der Waals surface area contributed by atoms with Crippen molar-refractivity contribution in [2.45, 2.75) is 43.7 Å². The van der Waals surface area contributed by atoms with E-state index in [2.05, 4.69) is 16.3 Å². The van der Waals surface area contributed by atoms with E-state index in [0.29, 0.717) is 31.3 Å². The third kappa shape index (κ3) is 5.00. The van der Waals surface area contributed by atoms with Gasteiger partial charge < -0.3 is 19.9 Å². The van der Waals surface area contributed by atoms with E-state index in [0.717, 1.165) is 42.0 Å². The summed E-state index contributed by atoms with van der Waals surface area (Å²) in [5.74, 6) is 1.87. The van der Waals surface area contributed by atoms with Crippen LogP contribution in [-0.2, 0) is 12.0 Å². The van der Waals surface area contributed by atoms with Gasteiger partial charge in [-0.1, -0.05) is 23.7 Å². The van der Waals surface area contributed by atoms with Gasteiger partial charge in [0.25, 0.3) is 5.91 Å². The number of hydrogen-bond acceptors (Lipinski definition) is 5. The molecule has 7 nitrogen and oxygen atoms in total. The third-order valence-corrected chi connectivity index (χ3v) is 7.53. The van der Waals surface area contributed by atoms with Gasteiger partial charge in [-0.15, -0.1) is 35.0 Å². The Balaban J connectivity index is 0.00000171. The number of rotatable bonds is 5. The standard InChI is InChI=1S/C25H28ClN5O2.2ClH/c1-33-21-7-5-17(6-8-21)22-28-29-23-24(32)30(13-14-31(22)23)20-9-11-25(16-27,12-10-20)18-3-2-4-19(26)15-18;;/h2-8,15,20H,9-14,16,27H2,1H3;2*1H/t20-,25+;;. The molecule has 0 radical (unpaired) electrons. The summed E-state index contributed by atoms with van der Waals surface area (Å²) in [5, 5.41) is 9.33. The normalized spacial score (nSPS) is 21.5. The summed E-state index contributed by atoms with van der Waals surface area (Å²) in [6.45, 7) is 1.92. The molecule has 2 N–H and O–H groups in total. The first-order valence-electron chi connectivity index (χ1n) is 11.4. The Hall–Kier alpha value is -2.32. The number of ether oxygens (including phenoxy) is 1. The number of fused-ring (bicyclic) bond motifs is 1. The molecule has 0 saturated heterocycles. The molecule has 1 fully saturated rings. The number of aromatic nitrogens is 3. The first-order valence-corrected chi connectivity index (χ1v) is 11.8. The predicted octanol–water partition coefficient (Wildman–Crippen LogP) is 4.75. The number of amides is 1. The number of methoxy groups -OCH3 is 1. The summed E-state index contributed by atoms with van der Waals surface area (Å²) in [6, 6.07) is 15.9. The number of nitrogens with two attached hydrogens (primary N) is 1. The molecule has 188 valence electrons. The molecule has 0 unspecified atom stereocenters. The Labute approximate surface area is 222 Å². The van der Waals surface area contributed by atoms with E-state index >= 15 is 0 Å². The summed E-state index contributed by atoms with van der Waals surface area (Å²) in [5.41, 5.74) is 8.29. The van der Waals surface area contributed by atoms with Crippen LogP contribution in [0.15, 0.2) is 48.5 Å². The highest BCUT2D eigenvalue weighted by Crippen LogP contribution is 2.41. The smallest absolute Gasteiger partial charge is 0.292 e. The van der Waals surface area contributed by atoms with E-state index in [-0.39, 0.29) is 42.2 Å². The highest BCUT2D eigenvalue weighted by molar-refractivity contribution is 6.30. The van der Waals surface area contributed by atoms with E-state index in [1.165, 1.54) is 5.56 Å². The number of halogens is 3. The summed E-state index contributed by atoms with van der Waals surface area (Å²) in [6.07, 6.45) is 3.69. The molecule has 35 heavy (non-hydrogen) atoms. The second kappa shape index (κ2) is 11.2. The van der Waals surface area contributed by atoms with Gasteiger partial charge in [-0.25, -0.2) is 0 Å². The van der Waals surface area contributed by atoms with Gasteiger partial charge in [0.15, 0.2) is 5.82 Å². The second-order valence-electron chi connectivity index (χ2n) is 8.95. The van der Waals surface area contributed by atoms with E-state index in [1.54, 1.807) is 7.11 Å². The zero-order valence-electron chi connectivity index (χ0n) is 19.5. The lowest BCUT2D eigenvalue weighted by atomic mass is 9.68. The van der Waals surface area contributed by atoms with Crippen molar-refractivity contribution in [1.82, 2.24) is 19.7 Å². The summed E-state index contributed by atoms with van der Waals surface area (Å²) >= 11 is 6.25. The molecule has 0 atom stereocenters. The van der Waals surface area contributed by atoms with E-state index in [9.17, 15) is 4.79 Å². The number of carbonyl (C=O) groups excluding carboxylic acids is 1. The fourth-order valence-electron chi connectivity index (χ4n) is 5.31. The minimum atomic E-state index is -0.0816. The topological polar surface area (TPSA) is 86.3 Å². The first-order chi connectivity index (χ1) is 16.0.